The predicted octanol–water partition coefficient (Wildman–Crippen LogP) is -0.945. The molecule has 1 amide bonds. The maximum atomic E-state index is 10.9. The fourth-order valence-electron chi connectivity index (χ4n) is 0.513. The lowest BCUT2D eigenvalue weighted by Gasteiger charge is -2.18. The van der Waals surface area contributed by atoms with E-state index in [1.807, 2.05) is 0 Å². The van der Waals surface area contributed by atoms with E-state index in [0.29, 0.717) is 0 Å². The van der Waals surface area contributed by atoms with Crippen LogP contribution in [0.1, 0.15) is 9.67 Å². The Morgan fingerprint density at radius 3 is 2.23 bits per heavy atom. The average Bonchev–Trinajstić information content (AvgIpc) is 1.97. The highest BCUT2D eigenvalue weighted by Gasteiger charge is 2.22. The zero-order valence-electron chi connectivity index (χ0n) is 8.67. The van der Waals surface area contributed by atoms with Gasteiger partial charge in [0.25, 0.3) is 0 Å². The number of nitrogens with zero attached hydrogens (tertiary/aromatic N) is 1. The van der Waals surface area contributed by atoms with E-state index in [1.165, 1.54) is 0 Å². The van der Waals surface area contributed by atoms with Crippen LogP contribution in [-0.4, -0.2) is 44.5 Å². The number of carboxylic acid groups (broad SMARTS) is 1. The van der Waals surface area contributed by atoms with Gasteiger partial charge in [0.1, 0.15) is 12.8 Å². The van der Waals surface area contributed by atoms with Crippen LogP contribution in [0.5, 0.6) is 0 Å². The van der Waals surface area contributed by atoms with Crippen molar-refractivity contribution in [3.05, 3.63) is 0 Å². The third kappa shape index (κ3) is 6.27. The van der Waals surface area contributed by atoms with Crippen molar-refractivity contribution < 1.29 is 31.8 Å². The van der Waals surface area contributed by atoms with Gasteiger partial charge in [-0.2, -0.15) is 0 Å². The van der Waals surface area contributed by atoms with Crippen molar-refractivity contribution in [2.75, 3.05) is 12.8 Å². The maximum Gasteiger partial charge on any atom is 0.344 e. The molecule has 0 heterocycles. The molecule has 3 N–H and O–H groups in total. The molecule has 0 aliphatic rings. The Bertz CT molecular complexity index is 325. The first-order valence-corrected chi connectivity index (χ1v) is 4.84. The van der Waals surface area contributed by atoms with Crippen LogP contribution < -0.4 is 0 Å². The lowest BCUT2D eigenvalue weighted by molar-refractivity contribution is -0.143. The SMILES string of the molecule is [2H]C([2H])(C(=O)O)N(CP(=O)(O)O)C(C)=O. The Morgan fingerprint density at radius 2 is 2.00 bits per heavy atom. The molecule has 0 radical (unpaired) electrons. The minimum Gasteiger partial charge on any atom is -0.480 e. The number of aliphatic carboxylic acids is 1. The number of carboxylic acids is 1. The summed E-state index contributed by atoms with van der Waals surface area (Å²) >= 11 is 0. The van der Waals surface area contributed by atoms with Crippen LogP contribution in [0.15, 0.2) is 0 Å². The molecular weight excluding hydrogens is 201 g/mol. The zero-order chi connectivity index (χ0) is 12.4. The second-order valence-corrected chi connectivity index (χ2v) is 3.78. The van der Waals surface area contributed by atoms with Gasteiger partial charge in [-0.05, 0) is 0 Å². The summed E-state index contributed by atoms with van der Waals surface area (Å²) in [5, 5.41) is 8.44. The van der Waals surface area contributed by atoms with Gasteiger partial charge < -0.3 is 19.8 Å². The Morgan fingerprint density at radius 1 is 1.54 bits per heavy atom. The molecule has 0 fully saturated rings. The topological polar surface area (TPSA) is 115 Å². The van der Waals surface area contributed by atoms with Crippen molar-refractivity contribution in [3.8, 4) is 0 Å². The van der Waals surface area contributed by atoms with Crippen molar-refractivity contribution in [2.45, 2.75) is 6.92 Å². The van der Waals surface area contributed by atoms with Crippen LogP contribution in [0.2, 0.25) is 0 Å². The van der Waals surface area contributed by atoms with Crippen molar-refractivity contribution >= 4 is 19.5 Å². The van der Waals surface area contributed by atoms with E-state index >= 15 is 0 Å². The van der Waals surface area contributed by atoms with E-state index < -0.39 is 32.3 Å². The highest BCUT2D eigenvalue weighted by atomic mass is 31.2. The van der Waals surface area contributed by atoms with Gasteiger partial charge >= 0.3 is 13.6 Å². The van der Waals surface area contributed by atoms with Gasteiger partial charge in [-0.3, -0.25) is 14.2 Å². The van der Waals surface area contributed by atoms with Gasteiger partial charge in [0.15, 0.2) is 0 Å². The highest BCUT2D eigenvalue weighted by molar-refractivity contribution is 7.51. The molecule has 0 spiro atoms. The van der Waals surface area contributed by atoms with Crippen LogP contribution in [0.25, 0.3) is 0 Å². The van der Waals surface area contributed by atoms with Gasteiger partial charge in [0.05, 0.1) is 2.74 Å². The first-order valence-electron chi connectivity index (χ1n) is 4.04. The summed E-state index contributed by atoms with van der Waals surface area (Å²) in [4.78, 5) is 38.3. The van der Waals surface area contributed by atoms with Crippen molar-refractivity contribution in [3.63, 3.8) is 0 Å². The summed E-state index contributed by atoms with van der Waals surface area (Å²) in [5.74, 6) is -3.07. The number of carbonyl (C=O) groups excluding carboxylic acids is 1. The molecule has 0 rings (SSSR count). The van der Waals surface area contributed by atoms with Gasteiger partial charge in [-0.25, -0.2) is 0 Å². The molecular formula is C5H10NO6P. The maximum absolute atomic E-state index is 10.9. The molecule has 0 aromatic carbocycles. The average molecular weight is 213 g/mol. The predicted molar refractivity (Wildman–Crippen MR) is 41.9 cm³/mol. The van der Waals surface area contributed by atoms with Gasteiger partial charge in [0, 0.05) is 6.92 Å². The first-order chi connectivity index (χ1) is 6.48. The molecule has 0 aromatic heterocycles. The van der Waals surface area contributed by atoms with E-state index in [0.717, 1.165) is 6.92 Å². The fraction of sp³-hybridized carbons (Fsp3) is 0.600. The van der Waals surface area contributed by atoms with Crippen LogP contribution in [0.4, 0.5) is 0 Å². The Hall–Kier alpha value is -0.910. The van der Waals surface area contributed by atoms with Gasteiger partial charge in [-0.1, -0.05) is 0 Å². The van der Waals surface area contributed by atoms with Crippen molar-refractivity contribution in [1.82, 2.24) is 4.90 Å². The van der Waals surface area contributed by atoms with Gasteiger partial charge in [-0.15, -0.1) is 0 Å². The number of hydrogen-bond donors (Lipinski definition) is 3. The third-order valence-electron chi connectivity index (χ3n) is 0.936. The van der Waals surface area contributed by atoms with Crippen LogP contribution >= 0.6 is 7.60 Å². The van der Waals surface area contributed by atoms with E-state index in [1.54, 1.807) is 0 Å². The molecule has 0 saturated heterocycles. The number of hydrogen-bond acceptors (Lipinski definition) is 3. The summed E-state index contributed by atoms with van der Waals surface area (Å²) < 4.78 is 24.5. The molecule has 0 aliphatic heterocycles. The van der Waals surface area contributed by atoms with Crippen molar-refractivity contribution in [2.24, 2.45) is 0 Å². The van der Waals surface area contributed by atoms with E-state index in [-0.39, 0.29) is 4.90 Å². The Kier molecular flexibility index (Phi) is 2.91. The molecule has 0 aliphatic carbocycles. The Labute approximate surface area is 76.9 Å². The van der Waals surface area contributed by atoms with E-state index in [2.05, 4.69) is 0 Å². The monoisotopic (exact) mass is 213 g/mol. The van der Waals surface area contributed by atoms with E-state index in [9.17, 15) is 14.2 Å². The molecule has 0 aromatic rings. The van der Waals surface area contributed by atoms with Crippen molar-refractivity contribution in [1.29, 1.82) is 0 Å². The fourth-order valence-corrected chi connectivity index (χ4v) is 1.15. The second kappa shape index (κ2) is 4.36. The normalized spacial score (nSPS) is 14.4. The van der Waals surface area contributed by atoms with Gasteiger partial charge in [0.2, 0.25) is 5.91 Å². The molecule has 0 atom stereocenters. The summed E-state index contributed by atoms with van der Waals surface area (Å²) in [7, 11) is -4.71. The molecule has 0 unspecified atom stereocenters. The van der Waals surface area contributed by atoms with Crippen LogP contribution in [0, 0.1) is 0 Å². The zero-order valence-corrected chi connectivity index (χ0v) is 7.56. The quantitative estimate of drug-likeness (QED) is 0.519. The lowest BCUT2D eigenvalue weighted by atomic mass is 10.5. The molecule has 7 nitrogen and oxygen atoms in total. The highest BCUT2D eigenvalue weighted by Crippen LogP contribution is 2.34. The first kappa shape index (κ1) is 8.68. The smallest absolute Gasteiger partial charge is 0.344 e. The molecule has 13 heavy (non-hydrogen) atoms. The molecule has 8 heteroatoms. The second-order valence-electron chi connectivity index (χ2n) is 2.17. The lowest BCUT2D eigenvalue weighted by Crippen LogP contribution is -2.34. The van der Waals surface area contributed by atoms with E-state index in [4.69, 9.17) is 17.6 Å². The van der Waals surface area contributed by atoms with Crippen LogP contribution in [-0.2, 0) is 14.2 Å². The number of rotatable bonds is 4. The summed E-state index contributed by atoms with van der Waals surface area (Å²) in [5.41, 5.74) is 0. The minimum atomic E-state index is -4.71. The minimum absolute atomic E-state index is 0.0316. The molecule has 0 saturated carbocycles. The standard InChI is InChI=1S/C5H10NO6P/c1-4(7)6(2-5(8)9)3-13(10,11)12/h2-3H2,1H3,(H,8,9)(H2,10,11,12)/i2D2. The number of amides is 1. The van der Waals surface area contributed by atoms with Crippen LogP contribution in [0.3, 0.4) is 0 Å². The summed E-state index contributed by atoms with van der Waals surface area (Å²) in [6.07, 6.45) is -1.28. The largest absolute Gasteiger partial charge is 0.480 e. The third-order valence-corrected chi connectivity index (χ3v) is 1.59. The number of carbonyl (C=O) groups is 2. The summed E-state index contributed by atoms with van der Waals surface area (Å²) in [6.45, 7) is -2.33. The summed E-state index contributed by atoms with van der Waals surface area (Å²) in [6, 6.07) is 0. The molecule has 76 valence electrons. The Balaban J connectivity index is 5.08. The molecule has 0 bridgehead atoms.